The lowest BCUT2D eigenvalue weighted by molar-refractivity contribution is 0.628. The fraction of sp³-hybridized carbons (Fsp3) is 0.154. The molecule has 6 heteroatoms. The first-order valence-corrected chi connectivity index (χ1v) is 5.81. The van der Waals surface area contributed by atoms with Gasteiger partial charge in [-0.2, -0.15) is 0 Å². The predicted molar refractivity (Wildman–Crippen MR) is 70.1 cm³/mol. The third-order valence-corrected chi connectivity index (χ3v) is 2.95. The molecule has 0 aliphatic carbocycles. The van der Waals surface area contributed by atoms with E-state index in [1.807, 2.05) is 19.9 Å². The maximum atomic E-state index is 13.4. The Kier molecular flexibility index (Phi) is 2.45. The molecule has 2 heterocycles. The monoisotopic (exact) mass is 257 g/mol. The minimum absolute atomic E-state index is 0.362. The standard InChI is InChI=1S/C13H12FN5/c1-7-5-8(2)19-12(17-18-13(19)16-7)10-6-9(14)3-4-11(10)15/h3-6H,15H2,1-2H3. The molecule has 96 valence electrons. The Hall–Kier alpha value is -2.50. The van der Waals surface area contributed by atoms with Crippen molar-refractivity contribution in [3.8, 4) is 11.4 Å². The summed E-state index contributed by atoms with van der Waals surface area (Å²) in [6.07, 6.45) is 0. The fourth-order valence-corrected chi connectivity index (χ4v) is 2.13. The van der Waals surface area contributed by atoms with E-state index in [1.165, 1.54) is 18.2 Å². The minimum atomic E-state index is -0.362. The van der Waals surface area contributed by atoms with Crippen LogP contribution >= 0.6 is 0 Å². The van der Waals surface area contributed by atoms with Crippen LogP contribution in [0.4, 0.5) is 10.1 Å². The van der Waals surface area contributed by atoms with Crippen molar-refractivity contribution in [2.24, 2.45) is 0 Å². The van der Waals surface area contributed by atoms with Crippen molar-refractivity contribution in [1.29, 1.82) is 0 Å². The van der Waals surface area contributed by atoms with Crippen LogP contribution in [0.1, 0.15) is 11.4 Å². The van der Waals surface area contributed by atoms with E-state index < -0.39 is 0 Å². The first-order chi connectivity index (χ1) is 9.06. The van der Waals surface area contributed by atoms with Gasteiger partial charge in [-0.1, -0.05) is 0 Å². The van der Waals surface area contributed by atoms with E-state index in [0.29, 0.717) is 22.9 Å². The van der Waals surface area contributed by atoms with Crippen molar-refractivity contribution in [2.75, 3.05) is 5.73 Å². The van der Waals surface area contributed by atoms with Crippen LogP contribution in [0.5, 0.6) is 0 Å². The van der Waals surface area contributed by atoms with Gasteiger partial charge in [0.1, 0.15) is 5.82 Å². The Morgan fingerprint density at radius 3 is 2.74 bits per heavy atom. The van der Waals surface area contributed by atoms with Crippen molar-refractivity contribution in [3.05, 3.63) is 41.5 Å². The third-order valence-electron chi connectivity index (χ3n) is 2.95. The molecule has 0 unspecified atom stereocenters. The number of nitrogens with zero attached hydrogens (tertiary/aromatic N) is 4. The maximum Gasteiger partial charge on any atom is 0.255 e. The number of anilines is 1. The van der Waals surface area contributed by atoms with Gasteiger partial charge in [0.05, 0.1) is 0 Å². The topological polar surface area (TPSA) is 69.1 Å². The number of fused-ring (bicyclic) bond motifs is 1. The number of rotatable bonds is 1. The van der Waals surface area contributed by atoms with Gasteiger partial charge < -0.3 is 5.73 Å². The molecule has 0 saturated heterocycles. The van der Waals surface area contributed by atoms with Crippen LogP contribution in [0.25, 0.3) is 17.2 Å². The summed E-state index contributed by atoms with van der Waals surface area (Å²) in [4.78, 5) is 4.29. The quantitative estimate of drug-likeness (QED) is 0.678. The average Bonchev–Trinajstić information content (AvgIpc) is 2.76. The number of benzene rings is 1. The number of nitrogen functional groups attached to an aromatic ring is 1. The summed E-state index contributed by atoms with van der Waals surface area (Å²) >= 11 is 0. The molecule has 0 amide bonds. The number of hydrogen-bond donors (Lipinski definition) is 1. The van der Waals surface area contributed by atoms with Gasteiger partial charge in [0.15, 0.2) is 5.82 Å². The van der Waals surface area contributed by atoms with Crippen LogP contribution < -0.4 is 5.73 Å². The molecule has 1 aromatic carbocycles. The number of hydrogen-bond acceptors (Lipinski definition) is 4. The zero-order valence-corrected chi connectivity index (χ0v) is 10.6. The molecule has 2 N–H and O–H groups in total. The highest BCUT2D eigenvalue weighted by Crippen LogP contribution is 2.26. The van der Waals surface area contributed by atoms with Gasteiger partial charge in [-0.15, -0.1) is 10.2 Å². The smallest absolute Gasteiger partial charge is 0.255 e. The molecule has 3 aromatic rings. The molecule has 0 radical (unpaired) electrons. The average molecular weight is 257 g/mol. The molecule has 0 atom stereocenters. The summed E-state index contributed by atoms with van der Waals surface area (Å²) in [7, 11) is 0. The van der Waals surface area contributed by atoms with Crippen LogP contribution in [-0.4, -0.2) is 19.6 Å². The molecular weight excluding hydrogens is 245 g/mol. The minimum Gasteiger partial charge on any atom is -0.398 e. The summed E-state index contributed by atoms with van der Waals surface area (Å²) in [5, 5.41) is 8.08. The van der Waals surface area contributed by atoms with Crippen molar-refractivity contribution in [1.82, 2.24) is 19.6 Å². The zero-order valence-electron chi connectivity index (χ0n) is 10.6. The summed E-state index contributed by atoms with van der Waals surface area (Å²) in [5.74, 6) is 0.617. The summed E-state index contributed by atoms with van der Waals surface area (Å²) < 4.78 is 15.1. The number of halogens is 1. The first kappa shape index (κ1) is 11.6. The molecular formula is C13H12FN5. The zero-order chi connectivity index (χ0) is 13.6. The van der Waals surface area contributed by atoms with E-state index in [1.54, 1.807) is 4.40 Å². The molecule has 0 saturated carbocycles. The lowest BCUT2D eigenvalue weighted by Crippen LogP contribution is -2.00. The highest BCUT2D eigenvalue weighted by molar-refractivity contribution is 5.72. The lowest BCUT2D eigenvalue weighted by Gasteiger charge is -2.06. The van der Waals surface area contributed by atoms with E-state index in [2.05, 4.69) is 15.2 Å². The van der Waals surface area contributed by atoms with Crippen LogP contribution in [-0.2, 0) is 0 Å². The van der Waals surface area contributed by atoms with Gasteiger partial charge >= 0.3 is 0 Å². The highest BCUT2D eigenvalue weighted by Gasteiger charge is 2.14. The van der Waals surface area contributed by atoms with E-state index >= 15 is 0 Å². The molecule has 5 nitrogen and oxygen atoms in total. The second-order valence-electron chi connectivity index (χ2n) is 4.43. The SMILES string of the molecule is Cc1cc(C)n2c(-c3cc(F)ccc3N)nnc2n1. The van der Waals surface area contributed by atoms with Crippen molar-refractivity contribution in [3.63, 3.8) is 0 Å². The second-order valence-corrected chi connectivity index (χ2v) is 4.43. The molecule has 0 fully saturated rings. The summed E-state index contributed by atoms with van der Waals surface area (Å²) in [5.41, 5.74) is 8.63. The number of aryl methyl sites for hydroxylation is 2. The summed E-state index contributed by atoms with van der Waals surface area (Å²) in [6, 6.07) is 6.10. The molecule has 0 aliphatic heterocycles. The van der Waals surface area contributed by atoms with Gasteiger partial charge in [0.2, 0.25) is 0 Å². The van der Waals surface area contributed by atoms with Crippen LogP contribution in [0.15, 0.2) is 24.3 Å². The van der Waals surface area contributed by atoms with Crippen molar-refractivity contribution >= 4 is 11.5 Å². The van der Waals surface area contributed by atoms with Gasteiger partial charge in [-0.05, 0) is 38.1 Å². The predicted octanol–water partition coefficient (Wildman–Crippen LogP) is 2.13. The van der Waals surface area contributed by atoms with Crippen LogP contribution in [0.2, 0.25) is 0 Å². The van der Waals surface area contributed by atoms with E-state index in [0.717, 1.165) is 11.4 Å². The molecule has 0 bridgehead atoms. The van der Waals surface area contributed by atoms with E-state index in [9.17, 15) is 4.39 Å². The molecule has 0 aliphatic rings. The first-order valence-electron chi connectivity index (χ1n) is 5.81. The normalized spacial score (nSPS) is 11.1. The van der Waals surface area contributed by atoms with E-state index in [-0.39, 0.29) is 5.82 Å². The third kappa shape index (κ3) is 1.81. The van der Waals surface area contributed by atoms with Crippen LogP contribution in [0.3, 0.4) is 0 Å². The largest absolute Gasteiger partial charge is 0.398 e. The van der Waals surface area contributed by atoms with Gasteiger partial charge in [-0.25, -0.2) is 9.37 Å². The van der Waals surface area contributed by atoms with E-state index in [4.69, 9.17) is 5.73 Å². The fourth-order valence-electron chi connectivity index (χ4n) is 2.13. The second kappa shape index (κ2) is 4.01. The Morgan fingerprint density at radius 1 is 1.16 bits per heavy atom. The Bertz CT molecular complexity index is 778. The Morgan fingerprint density at radius 2 is 1.95 bits per heavy atom. The number of aromatic nitrogens is 4. The van der Waals surface area contributed by atoms with Crippen molar-refractivity contribution < 1.29 is 4.39 Å². The molecule has 19 heavy (non-hydrogen) atoms. The Labute approximate surface area is 108 Å². The number of nitrogens with two attached hydrogens (primary N) is 1. The lowest BCUT2D eigenvalue weighted by atomic mass is 10.1. The molecule has 2 aromatic heterocycles. The van der Waals surface area contributed by atoms with Gasteiger partial charge in [-0.3, -0.25) is 4.40 Å². The van der Waals surface area contributed by atoms with Crippen molar-refractivity contribution in [2.45, 2.75) is 13.8 Å². The summed E-state index contributed by atoms with van der Waals surface area (Å²) in [6.45, 7) is 3.81. The van der Waals surface area contributed by atoms with Gasteiger partial charge in [0, 0.05) is 22.6 Å². The Balaban J connectivity index is 2.34. The molecule has 3 rings (SSSR count). The van der Waals surface area contributed by atoms with Crippen LogP contribution in [0, 0.1) is 19.7 Å². The highest BCUT2D eigenvalue weighted by atomic mass is 19.1. The molecule has 0 spiro atoms. The van der Waals surface area contributed by atoms with Gasteiger partial charge in [0.25, 0.3) is 5.78 Å². The maximum absolute atomic E-state index is 13.4.